The molecule has 1 aliphatic heterocycles. The van der Waals surface area contributed by atoms with Crippen LogP contribution in [0.25, 0.3) is 0 Å². The van der Waals surface area contributed by atoms with E-state index in [1.165, 1.54) is 0 Å². The summed E-state index contributed by atoms with van der Waals surface area (Å²) in [5.74, 6) is 0.453. The van der Waals surface area contributed by atoms with E-state index in [0.29, 0.717) is 43.1 Å². The number of urea groups is 1. The van der Waals surface area contributed by atoms with Gasteiger partial charge in [0.2, 0.25) is 5.91 Å². The molecule has 1 fully saturated rings. The summed E-state index contributed by atoms with van der Waals surface area (Å²) in [7, 11) is 5.01. The van der Waals surface area contributed by atoms with E-state index < -0.39 is 0 Å². The molecule has 0 bridgehead atoms. The van der Waals surface area contributed by atoms with Gasteiger partial charge in [0, 0.05) is 38.8 Å². The van der Waals surface area contributed by atoms with Gasteiger partial charge in [0.25, 0.3) is 0 Å². The van der Waals surface area contributed by atoms with Crippen LogP contribution >= 0.6 is 12.4 Å². The number of methoxy groups -OCH3 is 1. The van der Waals surface area contributed by atoms with Crippen molar-refractivity contribution in [1.29, 1.82) is 0 Å². The molecule has 1 heterocycles. The van der Waals surface area contributed by atoms with Crippen LogP contribution < -0.4 is 15.8 Å². The first-order chi connectivity index (χ1) is 10.9. The fourth-order valence-electron chi connectivity index (χ4n) is 2.67. The maximum Gasteiger partial charge on any atom is 0.319 e. The number of amides is 3. The van der Waals surface area contributed by atoms with E-state index in [-0.39, 0.29) is 30.3 Å². The number of halogens is 1. The number of hydrogen-bond donors (Lipinski definition) is 2. The molecule has 7 nitrogen and oxygen atoms in total. The molecule has 1 aliphatic rings. The minimum atomic E-state index is -0.0930. The van der Waals surface area contributed by atoms with Gasteiger partial charge >= 0.3 is 6.03 Å². The Morgan fingerprint density at radius 1 is 1.29 bits per heavy atom. The largest absolute Gasteiger partial charge is 0.495 e. The Balaban J connectivity index is 0.00000288. The van der Waals surface area contributed by atoms with Crippen LogP contribution in [0.4, 0.5) is 16.2 Å². The number of likely N-dealkylation sites (tertiary alicyclic amines) is 1. The SMILES string of the molecule is COc1ccc(NC(=O)C2CCN(C(=O)N(C)C)CC2)cc1N.Cl. The van der Waals surface area contributed by atoms with E-state index in [1.807, 2.05) is 0 Å². The molecular weight excluding hydrogens is 332 g/mol. The summed E-state index contributed by atoms with van der Waals surface area (Å²) in [6.45, 7) is 1.19. The summed E-state index contributed by atoms with van der Waals surface area (Å²) in [4.78, 5) is 27.6. The number of hydrogen-bond acceptors (Lipinski definition) is 4. The zero-order chi connectivity index (χ0) is 17.0. The van der Waals surface area contributed by atoms with Gasteiger partial charge < -0.3 is 25.6 Å². The van der Waals surface area contributed by atoms with Gasteiger partial charge in [-0.2, -0.15) is 0 Å². The molecule has 0 radical (unpaired) electrons. The van der Waals surface area contributed by atoms with Gasteiger partial charge in [-0.05, 0) is 31.0 Å². The van der Waals surface area contributed by atoms with Crippen molar-refractivity contribution in [2.75, 3.05) is 45.3 Å². The second-order valence-corrected chi connectivity index (χ2v) is 5.88. The maximum atomic E-state index is 12.3. The Kier molecular flexibility index (Phi) is 7.16. The van der Waals surface area contributed by atoms with Crippen molar-refractivity contribution >= 4 is 35.7 Å². The molecule has 8 heteroatoms. The van der Waals surface area contributed by atoms with Gasteiger partial charge in [-0.3, -0.25) is 4.79 Å². The zero-order valence-corrected chi connectivity index (χ0v) is 15.1. The Morgan fingerprint density at radius 3 is 2.42 bits per heavy atom. The Hall–Kier alpha value is -2.15. The molecule has 24 heavy (non-hydrogen) atoms. The van der Waals surface area contributed by atoms with Crippen LogP contribution in [0.3, 0.4) is 0 Å². The third-order valence-corrected chi connectivity index (χ3v) is 4.02. The van der Waals surface area contributed by atoms with Gasteiger partial charge in [0.05, 0.1) is 12.8 Å². The number of benzene rings is 1. The number of nitrogens with one attached hydrogen (secondary N) is 1. The first-order valence-electron chi connectivity index (χ1n) is 7.63. The van der Waals surface area contributed by atoms with Crippen LogP contribution in [0.2, 0.25) is 0 Å². The molecule has 3 N–H and O–H groups in total. The minimum absolute atomic E-state index is 0. The molecule has 0 saturated carbocycles. The van der Waals surface area contributed by atoms with Crippen molar-refractivity contribution in [1.82, 2.24) is 9.80 Å². The van der Waals surface area contributed by atoms with Crippen LogP contribution in [-0.2, 0) is 4.79 Å². The number of nitrogen functional groups attached to an aromatic ring is 1. The number of nitrogens with zero attached hydrogens (tertiary/aromatic N) is 2. The van der Waals surface area contributed by atoms with Crippen LogP contribution in [0.15, 0.2) is 18.2 Å². The second-order valence-electron chi connectivity index (χ2n) is 5.88. The number of carbonyl (C=O) groups excluding carboxylic acids is 2. The van der Waals surface area contributed by atoms with E-state index in [4.69, 9.17) is 10.5 Å². The average molecular weight is 357 g/mol. The van der Waals surface area contributed by atoms with E-state index >= 15 is 0 Å². The third-order valence-electron chi connectivity index (χ3n) is 4.02. The van der Waals surface area contributed by atoms with Gasteiger partial charge in [-0.25, -0.2) is 4.79 Å². The highest BCUT2D eigenvalue weighted by Crippen LogP contribution is 2.26. The number of piperidine rings is 1. The van der Waals surface area contributed by atoms with Crippen molar-refractivity contribution in [3.8, 4) is 5.75 Å². The predicted molar refractivity (Wildman–Crippen MR) is 96.7 cm³/mol. The number of carbonyl (C=O) groups is 2. The summed E-state index contributed by atoms with van der Waals surface area (Å²) in [6.07, 6.45) is 1.33. The number of nitrogens with two attached hydrogens (primary N) is 1. The molecule has 3 amide bonds. The van der Waals surface area contributed by atoms with Gasteiger partial charge in [-0.15, -0.1) is 12.4 Å². The molecule has 0 spiro atoms. The summed E-state index contributed by atoms with van der Waals surface area (Å²) in [5, 5.41) is 2.88. The summed E-state index contributed by atoms with van der Waals surface area (Å²) in [6, 6.07) is 5.16. The quantitative estimate of drug-likeness (QED) is 0.811. The first kappa shape index (κ1) is 19.9. The molecule has 0 aromatic heterocycles. The van der Waals surface area contributed by atoms with Gasteiger partial charge in [-0.1, -0.05) is 0 Å². The second kappa shape index (κ2) is 8.63. The third kappa shape index (κ3) is 4.67. The molecule has 1 saturated heterocycles. The van der Waals surface area contributed by atoms with Crippen LogP contribution in [0.1, 0.15) is 12.8 Å². The minimum Gasteiger partial charge on any atom is -0.495 e. The lowest BCUT2D eigenvalue weighted by molar-refractivity contribution is -0.121. The van der Waals surface area contributed by atoms with Crippen molar-refractivity contribution in [2.45, 2.75) is 12.8 Å². The number of rotatable bonds is 3. The Morgan fingerprint density at radius 2 is 1.92 bits per heavy atom. The smallest absolute Gasteiger partial charge is 0.319 e. The van der Waals surface area contributed by atoms with E-state index in [1.54, 1.807) is 49.2 Å². The van der Waals surface area contributed by atoms with Crippen molar-refractivity contribution < 1.29 is 14.3 Å². The molecule has 1 aromatic rings. The summed E-state index contributed by atoms with van der Waals surface area (Å²) >= 11 is 0. The summed E-state index contributed by atoms with van der Waals surface area (Å²) < 4.78 is 5.10. The Bertz CT molecular complexity index is 587. The van der Waals surface area contributed by atoms with E-state index in [2.05, 4.69) is 5.32 Å². The van der Waals surface area contributed by atoms with E-state index in [0.717, 1.165) is 0 Å². The highest BCUT2D eigenvalue weighted by atomic mass is 35.5. The standard InChI is InChI=1S/C16H24N4O3.ClH/c1-19(2)16(22)20-8-6-11(7-9-20)15(21)18-12-4-5-14(23-3)13(17)10-12;/h4-5,10-11H,6-9,17H2,1-3H3,(H,18,21);1H. The topological polar surface area (TPSA) is 87.9 Å². The fraction of sp³-hybridized carbons (Fsp3) is 0.500. The van der Waals surface area contributed by atoms with Gasteiger partial charge in [0.1, 0.15) is 5.75 Å². The molecule has 0 aliphatic carbocycles. The molecule has 1 aromatic carbocycles. The molecular formula is C16H25ClN4O3. The zero-order valence-electron chi connectivity index (χ0n) is 14.2. The number of ether oxygens (including phenoxy) is 1. The van der Waals surface area contributed by atoms with Crippen molar-refractivity contribution in [2.24, 2.45) is 5.92 Å². The van der Waals surface area contributed by atoms with Crippen LogP contribution in [-0.4, -0.2) is 56.0 Å². The lowest BCUT2D eigenvalue weighted by Crippen LogP contribution is -2.45. The summed E-state index contributed by atoms with van der Waals surface area (Å²) in [5.41, 5.74) is 6.98. The molecule has 0 unspecified atom stereocenters. The maximum absolute atomic E-state index is 12.3. The van der Waals surface area contributed by atoms with Gasteiger partial charge in [0.15, 0.2) is 0 Å². The highest BCUT2D eigenvalue weighted by Gasteiger charge is 2.28. The molecule has 0 atom stereocenters. The van der Waals surface area contributed by atoms with Crippen molar-refractivity contribution in [3.63, 3.8) is 0 Å². The lowest BCUT2D eigenvalue weighted by Gasteiger charge is -2.33. The molecule has 2 rings (SSSR count). The van der Waals surface area contributed by atoms with Crippen LogP contribution in [0, 0.1) is 5.92 Å². The fourth-order valence-corrected chi connectivity index (χ4v) is 2.67. The van der Waals surface area contributed by atoms with Crippen LogP contribution in [0.5, 0.6) is 5.75 Å². The normalized spacial score (nSPS) is 14.5. The Labute approximate surface area is 148 Å². The highest BCUT2D eigenvalue weighted by molar-refractivity contribution is 5.93. The predicted octanol–water partition coefficient (Wildman–Crippen LogP) is 2.03. The monoisotopic (exact) mass is 356 g/mol. The molecule has 134 valence electrons. The van der Waals surface area contributed by atoms with Crippen molar-refractivity contribution in [3.05, 3.63) is 18.2 Å². The average Bonchev–Trinajstić information content (AvgIpc) is 2.54. The first-order valence-corrected chi connectivity index (χ1v) is 7.63. The van der Waals surface area contributed by atoms with E-state index in [9.17, 15) is 9.59 Å². The lowest BCUT2D eigenvalue weighted by atomic mass is 9.96. The number of anilines is 2.